The van der Waals surface area contributed by atoms with Crippen LogP contribution in [-0.4, -0.2) is 59.5 Å². The summed E-state index contributed by atoms with van der Waals surface area (Å²) in [5.41, 5.74) is 2.74. The monoisotopic (exact) mass is 444 g/mol. The van der Waals surface area contributed by atoms with E-state index in [0.29, 0.717) is 17.2 Å². The molecule has 0 aliphatic carbocycles. The van der Waals surface area contributed by atoms with Crippen LogP contribution < -0.4 is 14.9 Å². The quantitative estimate of drug-likeness (QED) is 0.686. The van der Waals surface area contributed by atoms with Crippen LogP contribution in [0.5, 0.6) is 0 Å². The molecule has 2 aromatic carbocycles. The summed E-state index contributed by atoms with van der Waals surface area (Å²) < 4.78 is 29.0. The Morgan fingerprint density at radius 2 is 1.74 bits per heavy atom. The third kappa shape index (κ3) is 5.77. The molecule has 168 valence electrons. The number of amides is 1. The maximum atomic E-state index is 13.1. The number of carbonyl (C=O) groups excluding carboxylic acids is 1. The average molecular weight is 445 g/mol. The Morgan fingerprint density at radius 3 is 2.32 bits per heavy atom. The number of nitrogens with zero attached hydrogens (tertiary/aromatic N) is 2. The lowest BCUT2D eigenvalue weighted by Gasteiger charge is -2.31. The third-order valence-corrected chi connectivity index (χ3v) is 6.61. The van der Waals surface area contributed by atoms with Gasteiger partial charge >= 0.3 is 0 Å². The van der Waals surface area contributed by atoms with Crippen molar-refractivity contribution in [2.24, 2.45) is 5.92 Å². The van der Waals surface area contributed by atoms with Crippen LogP contribution in [0.25, 0.3) is 0 Å². The van der Waals surface area contributed by atoms with Crippen molar-refractivity contribution in [1.29, 1.82) is 0 Å². The Kier molecular flexibility index (Phi) is 7.23. The van der Waals surface area contributed by atoms with E-state index in [0.717, 1.165) is 43.9 Å². The van der Waals surface area contributed by atoms with Crippen LogP contribution in [-0.2, 0) is 16.4 Å². The number of sulfonamides is 1. The van der Waals surface area contributed by atoms with E-state index in [1.54, 1.807) is 38.4 Å². The fourth-order valence-corrected chi connectivity index (χ4v) is 4.74. The van der Waals surface area contributed by atoms with Gasteiger partial charge in [-0.2, -0.15) is 0 Å². The zero-order valence-corrected chi connectivity index (χ0v) is 19.5. The van der Waals surface area contributed by atoms with Gasteiger partial charge in [-0.3, -0.25) is 9.52 Å². The molecule has 2 aromatic rings. The average Bonchev–Trinajstić information content (AvgIpc) is 2.73. The molecule has 1 amide bonds. The number of benzene rings is 2. The first-order valence-electron chi connectivity index (χ1n) is 10.6. The molecule has 8 heteroatoms. The smallest absolute Gasteiger partial charge is 0.261 e. The van der Waals surface area contributed by atoms with E-state index in [4.69, 9.17) is 0 Å². The highest BCUT2D eigenvalue weighted by molar-refractivity contribution is 7.92. The van der Waals surface area contributed by atoms with Gasteiger partial charge in [0, 0.05) is 45.8 Å². The molecular weight excluding hydrogens is 412 g/mol. The predicted molar refractivity (Wildman–Crippen MR) is 125 cm³/mol. The van der Waals surface area contributed by atoms with Crippen LogP contribution in [0, 0.1) is 5.92 Å². The summed E-state index contributed by atoms with van der Waals surface area (Å²) in [6.07, 6.45) is 0.898. The number of rotatable bonds is 7. The molecule has 0 radical (unpaired) electrons. The molecule has 0 saturated carbocycles. The largest absolute Gasteiger partial charge is 0.367 e. The summed E-state index contributed by atoms with van der Waals surface area (Å²) in [5, 5.41) is 3.30. The standard InChI is InChI=1S/C23H32N4O3S/c1-17(2)15-18-5-8-20(9-6-18)31(29,30)25-21-16-19(23(28)26(3)4)7-10-22(21)27-13-11-24-12-14-27/h5-10,16-17,24-25H,11-15H2,1-4H3. The summed E-state index contributed by atoms with van der Waals surface area (Å²) in [6.45, 7) is 7.43. The second-order valence-corrected chi connectivity index (χ2v) is 10.2. The van der Waals surface area contributed by atoms with Crippen molar-refractivity contribution in [1.82, 2.24) is 10.2 Å². The van der Waals surface area contributed by atoms with Crippen LogP contribution in [0.15, 0.2) is 47.4 Å². The number of carbonyl (C=O) groups is 1. The van der Waals surface area contributed by atoms with Gasteiger partial charge in [-0.1, -0.05) is 26.0 Å². The van der Waals surface area contributed by atoms with Crippen LogP contribution >= 0.6 is 0 Å². The summed E-state index contributed by atoms with van der Waals surface area (Å²) in [4.78, 5) is 16.3. The molecule has 0 aromatic heterocycles. The molecule has 0 atom stereocenters. The molecule has 2 N–H and O–H groups in total. The van der Waals surface area contributed by atoms with Gasteiger partial charge in [-0.25, -0.2) is 8.42 Å². The van der Waals surface area contributed by atoms with Crippen LogP contribution in [0.1, 0.15) is 29.8 Å². The van der Waals surface area contributed by atoms with Gasteiger partial charge in [-0.05, 0) is 48.2 Å². The van der Waals surface area contributed by atoms with Gasteiger partial charge in [0.2, 0.25) is 0 Å². The van der Waals surface area contributed by atoms with Gasteiger partial charge in [0.1, 0.15) is 0 Å². The van der Waals surface area contributed by atoms with Crippen molar-refractivity contribution >= 4 is 27.3 Å². The number of piperazine rings is 1. The highest BCUT2D eigenvalue weighted by Crippen LogP contribution is 2.30. The van der Waals surface area contributed by atoms with E-state index in [1.807, 2.05) is 18.2 Å². The highest BCUT2D eigenvalue weighted by Gasteiger charge is 2.22. The minimum absolute atomic E-state index is 0.176. The minimum atomic E-state index is -3.80. The second-order valence-electron chi connectivity index (χ2n) is 8.52. The topological polar surface area (TPSA) is 81.8 Å². The summed E-state index contributed by atoms with van der Waals surface area (Å²) in [5.74, 6) is 0.324. The maximum absolute atomic E-state index is 13.1. The maximum Gasteiger partial charge on any atom is 0.261 e. The molecule has 1 heterocycles. The Labute approximate surface area is 185 Å². The van der Waals surface area contributed by atoms with Crippen molar-refractivity contribution in [2.75, 3.05) is 49.9 Å². The first kappa shape index (κ1) is 23.1. The first-order valence-corrected chi connectivity index (χ1v) is 12.1. The molecule has 0 unspecified atom stereocenters. The SMILES string of the molecule is CC(C)Cc1ccc(S(=O)(=O)Nc2cc(C(=O)N(C)C)ccc2N2CCNCC2)cc1. The zero-order chi connectivity index (χ0) is 22.6. The lowest BCUT2D eigenvalue weighted by atomic mass is 10.0. The van der Waals surface area contributed by atoms with Crippen molar-refractivity contribution in [3.05, 3.63) is 53.6 Å². The van der Waals surface area contributed by atoms with Crippen LogP contribution in [0.3, 0.4) is 0 Å². The van der Waals surface area contributed by atoms with E-state index >= 15 is 0 Å². The van der Waals surface area contributed by atoms with Crippen molar-refractivity contribution < 1.29 is 13.2 Å². The fourth-order valence-electron chi connectivity index (χ4n) is 3.67. The highest BCUT2D eigenvalue weighted by atomic mass is 32.2. The number of hydrogen-bond acceptors (Lipinski definition) is 5. The Balaban J connectivity index is 1.94. The summed E-state index contributed by atoms with van der Waals surface area (Å²) in [7, 11) is -0.448. The van der Waals surface area contributed by atoms with E-state index in [-0.39, 0.29) is 10.8 Å². The molecule has 1 fully saturated rings. The normalized spacial score (nSPS) is 14.5. The van der Waals surface area contributed by atoms with Gasteiger partial charge in [0.15, 0.2) is 0 Å². The molecule has 1 aliphatic rings. The lowest BCUT2D eigenvalue weighted by molar-refractivity contribution is 0.0827. The van der Waals surface area contributed by atoms with Crippen molar-refractivity contribution in [3.63, 3.8) is 0 Å². The molecule has 1 aliphatic heterocycles. The number of anilines is 2. The predicted octanol–water partition coefficient (Wildman–Crippen LogP) is 2.80. The Bertz CT molecular complexity index is 1010. The lowest BCUT2D eigenvalue weighted by Crippen LogP contribution is -2.43. The van der Waals surface area contributed by atoms with Crippen LogP contribution in [0.2, 0.25) is 0 Å². The fraction of sp³-hybridized carbons (Fsp3) is 0.435. The van der Waals surface area contributed by atoms with E-state index in [2.05, 4.69) is 28.8 Å². The van der Waals surface area contributed by atoms with Gasteiger partial charge in [0.05, 0.1) is 16.3 Å². The minimum Gasteiger partial charge on any atom is -0.367 e. The van der Waals surface area contributed by atoms with Gasteiger partial charge in [0.25, 0.3) is 15.9 Å². The first-order chi connectivity index (χ1) is 14.7. The van der Waals surface area contributed by atoms with E-state index < -0.39 is 10.0 Å². The number of nitrogens with one attached hydrogen (secondary N) is 2. The Morgan fingerprint density at radius 1 is 1.10 bits per heavy atom. The zero-order valence-electron chi connectivity index (χ0n) is 18.7. The molecule has 1 saturated heterocycles. The van der Waals surface area contributed by atoms with Crippen molar-refractivity contribution in [2.45, 2.75) is 25.2 Å². The van der Waals surface area contributed by atoms with Crippen LogP contribution in [0.4, 0.5) is 11.4 Å². The molecule has 31 heavy (non-hydrogen) atoms. The third-order valence-electron chi connectivity index (χ3n) is 5.23. The number of hydrogen-bond donors (Lipinski definition) is 2. The molecule has 3 rings (SSSR count). The second kappa shape index (κ2) is 9.70. The van der Waals surface area contributed by atoms with E-state index in [9.17, 15) is 13.2 Å². The Hall–Kier alpha value is -2.58. The molecule has 7 nitrogen and oxygen atoms in total. The van der Waals surface area contributed by atoms with Gasteiger partial charge < -0.3 is 15.1 Å². The van der Waals surface area contributed by atoms with E-state index in [1.165, 1.54) is 4.90 Å². The summed E-state index contributed by atoms with van der Waals surface area (Å²) in [6, 6.07) is 12.2. The van der Waals surface area contributed by atoms with Crippen molar-refractivity contribution in [3.8, 4) is 0 Å². The molecule has 0 bridgehead atoms. The molecular formula is C23H32N4O3S. The van der Waals surface area contributed by atoms with Gasteiger partial charge in [-0.15, -0.1) is 0 Å². The summed E-state index contributed by atoms with van der Waals surface area (Å²) >= 11 is 0. The molecule has 0 spiro atoms.